The van der Waals surface area contributed by atoms with Crippen molar-refractivity contribution >= 4 is 34.8 Å². The number of hydrogen-bond acceptors (Lipinski definition) is 4. The van der Waals surface area contributed by atoms with Crippen molar-refractivity contribution in [1.29, 1.82) is 0 Å². The minimum Gasteiger partial charge on any atom is -0.454 e. The number of halogens is 2. The van der Waals surface area contributed by atoms with Crippen LogP contribution >= 0.6 is 23.2 Å². The Labute approximate surface area is 141 Å². The van der Waals surface area contributed by atoms with Gasteiger partial charge in [0.25, 0.3) is 11.6 Å². The largest absolute Gasteiger partial charge is 0.454 e. The van der Waals surface area contributed by atoms with E-state index in [1.165, 1.54) is 12.1 Å². The van der Waals surface area contributed by atoms with E-state index in [2.05, 4.69) is 5.32 Å². The lowest BCUT2D eigenvalue weighted by Crippen LogP contribution is -2.31. The molecule has 0 spiro atoms. The first-order chi connectivity index (χ1) is 11.0. The van der Waals surface area contributed by atoms with Gasteiger partial charge < -0.3 is 10.1 Å². The van der Waals surface area contributed by atoms with Gasteiger partial charge in [-0.15, -0.1) is 0 Å². The average molecular weight is 353 g/mol. The molecule has 0 atom stereocenters. The van der Waals surface area contributed by atoms with Crippen LogP contribution in [-0.2, 0) is 6.42 Å². The predicted molar refractivity (Wildman–Crippen MR) is 85.7 cm³/mol. The molecule has 1 aliphatic rings. The molecule has 2 aromatic rings. The lowest BCUT2D eigenvalue weighted by molar-refractivity contribution is -0.384. The first-order valence-corrected chi connectivity index (χ1v) is 7.43. The van der Waals surface area contributed by atoms with Crippen LogP contribution in [0, 0.1) is 10.1 Å². The Hall–Kier alpha value is -2.31. The van der Waals surface area contributed by atoms with Crippen LogP contribution in [0.25, 0.3) is 0 Å². The Bertz CT molecular complexity index is 800. The van der Waals surface area contributed by atoms with Crippen molar-refractivity contribution in [3.05, 3.63) is 61.6 Å². The van der Waals surface area contributed by atoms with E-state index in [4.69, 9.17) is 27.9 Å². The molecule has 1 amide bonds. The summed E-state index contributed by atoms with van der Waals surface area (Å²) in [7, 11) is 0. The number of amides is 1. The van der Waals surface area contributed by atoms with Crippen molar-refractivity contribution in [2.45, 2.75) is 6.42 Å². The van der Waals surface area contributed by atoms with Crippen LogP contribution in [0.1, 0.15) is 15.9 Å². The molecule has 6 nitrogen and oxygen atoms in total. The van der Waals surface area contributed by atoms with Gasteiger partial charge in [-0.05, 0) is 30.2 Å². The minimum atomic E-state index is -0.584. The minimum absolute atomic E-state index is 0.0414. The van der Waals surface area contributed by atoms with E-state index in [-0.39, 0.29) is 27.4 Å². The molecule has 0 unspecified atom stereocenters. The molecule has 0 bridgehead atoms. The molecule has 1 heterocycles. The SMILES string of the molecule is O=C1NCCc2cc(Oc3c(Cl)cc([N+](=O)[O-])cc3Cl)ccc21. The number of carbonyl (C=O) groups is 1. The molecule has 0 aromatic heterocycles. The number of nitro benzene ring substituents is 1. The van der Waals surface area contributed by atoms with Crippen LogP contribution < -0.4 is 10.1 Å². The average Bonchev–Trinajstić information content (AvgIpc) is 2.50. The third-order valence-corrected chi connectivity index (χ3v) is 3.98. The second-order valence-electron chi connectivity index (χ2n) is 4.92. The zero-order chi connectivity index (χ0) is 16.6. The fourth-order valence-electron chi connectivity index (χ4n) is 2.34. The summed E-state index contributed by atoms with van der Waals surface area (Å²) >= 11 is 12.0. The summed E-state index contributed by atoms with van der Waals surface area (Å²) < 4.78 is 5.66. The fraction of sp³-hybridized carbons (Fsp3) is 0.133. The summed E-state index contributed by atoms with van der Waals surface area (Å²) in [5, 5.41) is 13.6. The number of nitrogens with zero attached hydrogens (tertiary/aromatic N) is 1. The number of benzene rings is 2. The second kappa shape index (κ2) is 6.06. The van der Waals surface area contributed by atoms with Crippen molar-refractivity contribution in [2.24, 2.45) is 0 Å². The topological polar surface area (TPSA) is 81.5 Å². The van der Waals surface area contributed by atoms with Crippen molar-refractivity contribution in [3.8, 4) is 11.5 Å². The standard InChI is InChI=1S/C15H10Cl2N2O4/c16-12-6-9(19(21)22)7-13(17)14(12)23-10-1-2-11-8(5-10)3-4-18-15(11)20/h1-2,5-7H,3-4H2,(H,18,20). The Morgan fingerprint density at radius 1 is 1.17 bits per heavy atom. The molecule has 1 N–H and O–H groups in total. The summed E-state index contributed by atoms with van der Waals surface area (Å²) in [4.78, 5) is 21.9. The Morgan fingerprint density at radius 3 is 2.52 bits per heavy atom. The lowest BCUT2D eigenvalue weighted by Gasteiger charge is -2.17. The molecule has 0 saturated carbocycles. The molecule has 23 heavy (non-hydrogen) atoms. The van der Waals surface area contributed by atoms with Crippen LogP contribution in [0.4, 0.5) is 5.69 Å². The third kappa shape index (κ3) is 3.09. The molecule has 0 fully saturated rings. The first-order valence-electron chi connectivity index (χ1n) is 6.68. The highest BCUT2D eigenvalue weighted by Gasteiger charge is 2.19. The van der Waals surface area contributed by atoms with Gasteiger partial charge in [0.05, 0.1) is 15.0 Å². The normalized spacial score (nSPS) is 13.2. The Morgan fingerprint density at radius 2 is 1.87 bits per heavy atom. The van der Waals surface area contributed by atoms with E-state index >= 15 is 0 Å². The zero-order valence-corrected chi connectivity index (χ0v) is 13.1. The maximum absolute atomic E-state index is 11.7. The number of fused-ring (bicyclic) bond motifs is 1. The molecule has 3 rings (SSSR count). The first kappa shape index (κ1) is 15.6. The Balaban J connectivity index is 1.94. The second-order valence-corrected chi connectivity index (χ2v) is 5.74. The molecule has 2 aromatic carbocycles. The summed E-state index contributed by atoms with van der Waals surface area (Å²) in [6.45, 7) is 0.564. The van der Waals surface area contributed by atoms with Gasteiger partial charge >= 0.3 is 0 Å². The number of rotatable bonds is 3. The van der Waals surface area contributed by atoms with Gasteiger partial charge in [-0.25, -0.2) is 0 Å². The Kier molecular flexibility index (Phi) is 4.11. The molecular formula is C15H10Cl2N2O4. The highest BCUT2D eigenvalue weighted by atomic mass is 35.5. The number of ether oxygens (including phenoxy) is 1. The van der Waals surface area contributed by atoms with E-state index in [0.29, 0.717) is 24.3 Å². The number of hydrogen-bond donors (Lipinski definition) is 1. The van der Waals surface area contributed by atoms with Gasteiger partial charge in [-0.1, -0.05) is 23.2 Å². The van der Waals surface area contributed by atoms with Gasteiger partial charge in [0.2, 0.25) is 0 Å². The van der Waals surface area contributed by atoms with Crippen LogP contribution in [0.3, 0.4) is 0 Å². The summed E-state index contributed by atoms with van der Waals surface area (Å²) in [6.07, 6.45) is 0.694. The van der Waals surface area contributed by atoms with Crippen molar-refractivity contribution in [1.82, 2.24) is 5.32 Å². The highest BCUT2D eigenvalue weighted by Crippen LogP contribution is 2.39. The summed E-state index contributed by atoms with van der Waals surface area (Å²) in [6, 6.07) is 7.37. The third-order valence-electron chi connectivity index (χ3n) is 3.42. The maximum Gasteiger partial charge on any atom is 0.272 e. The van der Waals surface area contributed by atoms with E-state index in [1.54, 1.807) is 18.2 Å². The molecule has 0 saturated heterocycles. The van der Waals surface area contributed by atoms with Crippen molar-refractivity contribution in [2.75, 3.05) is 6.54 Å². The van der Waals surface area contributed by atoms with Gasteiger partial charge in [-0.3, -0.25) is 14.9 Å². The number of non-ortho nitro benzene ring substituents is 1. The van der Waals surface area contributed by atoms with Gasteiger partial charge in [0.1, 0.15) is 5.75 Å². The van der Waals surface area contributed by atoms with Gasteiger partial charge in [0, 0.05) is 24.2 Å². The lowest BCUT2D eigenvalue weighted by atomic mass is 10.0. The van der Waals surface area contributed by atoms with Gasteiger partial charge in [-0.2, -0.15) is 0 Å². The summed E-state index contributed by atoms with van der Waals surface area (Å²) in [5.74, 6) is 0.472. The number of nitrogens with one attached hydrogen (secondary N) is 1. The molecule has 1 aliphatic heterocycles. The fourth-order valence-corrected chi connectivity index (χ4v) is 2.89. The van der Waals surface area contributed by atoms with Crippen LogP contribution in [0.5, 0.6) is 11.5 Å². The molecule has 0 radical (unpaired) electrons. The molecule has 0 aliphatic carbocycles. The highest BCUT2D eigenvalue weighted by molar-refractivity contribution is 6.37. The quantitative estimate of drug-likeness (QED) is 0.668. The maximum atomic E-state index is 11.7. The smallest absolute Gasteiger partial charge is 0.272 e. The van der Waals surface area contributed by atoms with Crippen molar-refractivity contribution < 1.29 is 14.5 Å². The molecular weight excluding hydrogens is 343 g/mol. The molecule has 8 heteroatoms. The van der Waals surface area contributed by atoms with Crippen LogP contribution in [-0.4, -0.2) is 17.4 Å². The van der Waals surface area contributed by atoms with E-state index in [0.717, 1.165) is 5.56 Å². The van der Waals surface area contributed by atoms with E-state index < -0.39 is 4.92 Å². The van der Waals surface area contributed by atoms with Crippen molar-refractivity contribution in [3.63, 3.8) is 0 Å². The number of nitro groups is 1. The molecule has 118 valence electrons. The van der Waals surface area contributed by atoms with E-state index in [9.17, 15) is 14.9 Å². The van der Waals surface area contributed by atoms with E-state index in [1.807, 2.05) is 0 Å². The zero-order valence-electron chi connectivity index (χ0n) is 11.6. The summed E-state index contributed by atoms with van der Waals surface area (Å²) in [5.41, 5.74) is 1.25. The monoisotopic (exact) mass is 352 g/mol. The number of carbonyl (C=O) groups excluding carboxylic acids is 1. The predicted octanol–water partition coefficient (Wildman–Crippen LogP) is 3.98. The van der Waals surface area contributed by atoms with Crippen LogP contribution in [0.15, 0.2) is 30.3 Å². The van der Waals surface area contributed by atoms with Crippen LogP contribution in [0.2, 0.25) is 10.0 Å². The van der Waals surface area contributed by atoms with Gasteiger partial charge in [0.15, 0.2) is 5.75 Å².